The summed E-state index contributed by atoms with van der Waals surface area (Å²) in [4.78, 5) is 0. The van der Waals surface area contributed by atoms with E-state index in [-0.39, 0.29) is 0 Å². The Balaban J connectivity index is 2.25. The van der Waals surface area contributed by atoms with Crippen molar-refractivity contribution in [3.8, 4) is 0 Å². The molecule has 2 aromatic carbocycles. The first-order chi connectivity index (χ1) is 10.4. The molecule has 0 bridgehead atoms. The quantitative estimate of drug-likeness (QED) is 0.419. The minimum absolute atomic E-state index is 0.466. The molecule has 22 heavy (non-hydrogen) atoms. The molecule has 4 rings (SSSR count). The van der Waals surface area contributed by atoms with E-state index in [1.54, 1.807) is 10.7 Å². The number of alkyl halides is 3. The topological polar surface area (TPSA) is 17.3 Å². The number of rotatable bonds is 0. The molecule has 0 radical (unpaired) electrons. The van der Waals surface area contributed by atoms with Gasteiger partial charge in [0.05, 0.1) is 22.8 Å². The number of aryl methyl sites for hydroxylation is 1. The normalized spacial score (nSPS) is 12.5. The largest absolute Gasteiger partial charge is 0.416 e. The van der Waals surface area contributed by atoms with E-state index in [2.05, 4.69) is 5.10 Å². The fourth-order valence-corrected chi connectivity index (χ4v) is 2.91. The molecule has 2 aromatic heterocycles. The van der Waals surface area contributed by atoms with Crippen molar-refractivity contribution in [2.24, 2.45) is 0 Å². The van der Waals surface area contributed by atoms with Gasteiger partial charge in [-0.05, 0) is 30.5 Å². The lowest BCUT2D eigenvalue weighted by atomic mass is 10.0. The van der Waals surface area contributed by atoms with Gasteiger partial charge >= 0.3 is 6.18 Å². The van der Waals surface area contributed by atoms with Gasteiger partial charge in [-0.3, -0.25) is 0 Å². The highest BCUT2D eigenvalue weighted by Crippen LogP contribution is 2.35. The van der Waals surface area contributed by atoms with Gasteiger partial charge in [-0.1, -0.05) is 29.8 Å². The predicted octanol–water partition coefficient (Wildman–Crippen LogP) is 4.97. The lowest BCUT2D eigenvalue weighted by Gasteiger charge is -2.12. The zero-order valence-corrected chi connectivity index (χ0v) is 11.6. The number of aromatic nitrogens is 2. The summed E-state index contributed by atoms with van der Waals surface area (Å²) in [7, 11) is 0. The van der Waals surface area contributed by atoms with E-state index in [1.807, 2.05) is 31.2 Å². The van der Waals surface area contributed by atoms with Crippen LogP contribution in [0.15, 0.2) is 48.7 Å². The van der Waals surface area contributed by atoms with Gasteiger partial charge in [0.25, 0.3) is 0 Å². The molecule has 0 aliphatic rings. The molecule has 0 saturated carbocycles. The second-order valence-electron chi connectivity index (χ2n) is 5.41. The zero-order valence-electron chi connectivity index (χ0n) is 11.6. The standard InChI is InChI=1S/C17H11F3N2/c1-10-2-4-12-14(8-10)13-5-3-11(17(18,19)20)9-16(13)22-15(12)6-7-21-22/h2-9H,1H3. The molecule has 110 valence electrons. The average molecular weight is 300 g/mol. The van der Waals surface area contributed by atoms with Crippen LogP contribution < -0.4 is 0 Å². The maximum atomic E-state index is 13.0. The molecule has 0 saturated heterocycles. The number of hydrogen-bond donors (Lipinski definition) is 0. The first-order valence-corrected chi connectivity index (χ1v) is 6.82. The van der Waals surface area contributed by atoms with E-state index < -0.39 is 11.7 Å². The van der Waals surface area contributed by atoms with Gasteiger partial charge in [-0.15, -0.1) is 0 Å². The van der Waals surface area contributed by atoms with Crippen molar-refractivity contribution in [2.45, 2.75) is 13.1 Å². The molecule has 0 amide bonds. The van der Waals surface area contributed by atoms with Crippen LogP contribution in [0.25, 0.3) is 27.2 Å². The third-order valence-electron chi connectivity index (χ3n) is 3.94. The summed E-state index contributed by atoms with van der Waals surface area (Å²) in [5, 5.41) is 6.88. The lowest BCUT2D eigenvalue weighted by molar-refractivity contribution is -0.137. The molecular formula is C17H11F3N2. The number of halogens is 3. The summed E-state index contributed by atoms with van der Waals surface area (Å²) in [5.74, 6) is 0. The number of fused-ring (bicyclic) bond motifs is 6. The zero-order chi connectivity index (χ0) is 15.5. The van der Waals surface area contributed by atoms with Crippen molar-refractivity contribution in [1.29, 1.82) is 0 Å². The van der Waals surface area contributed by atoms with Crippen molar-refractivity contribution in [1.82, 2.24) is 9.61 Å². The van der Waals surface area contributed by atoms with Gasteiger partial charge in [0, 0.05) is 10.8 Å². The predicted molar refractivity (Wildman–Crippen MR) is 79.9 cm³/mol. The van der Waals surface area contributed by atoms with Crippen molar-refractivity contribution >= 4 is 27.2 Å². The van der Waals surface area contributed by atoms with Crippen LogP contribution in [0.2, 0.25) is 0 Å². The highest BCUT2D eigenvalue weighted by Gasteiger charge is 2.30. The molecule has 0 atom stereocenters. The molecule has 0 aliphatic carbocycles. The summed E-state index contributed by atoms with van der Waals surface area (Å²) >= 11 is 0. The smallest absolute Gasteiger partial charge is 0.232 e. The van der Waals surface area contributed by atoms with E-state index >= 15 is 0 Å². The second-order valence-corrected chi connectivity index (χ2v) is 5.41. The van der Waals surface area contributed by atoms with E-state index in [0.717, 1.165) is 39.4 Å². The van der Waals surface area contributed by atoms with Crippen LogP contribution >= 0.6 is 0 Å². The Morgan fingerprint density at radius 1 is 0.864 bits per heavy atom. The molecule has 2 heterocycles. The minimum atomic E-state index is -4.37. The minimum Gasteiger partial charge on any atom is -0.232 e. The SMILES string of the molecule is Cc1ccc2c(c1)c1ccc(C(F)(F)F)cc1n1nccc21. The highest BCUT2D eigenvalue weighted by atomic mass is 19.4. The third kappa shape index (κ3) is 1.78. The number of nitrogens with zero attached hydrogens (tertiary/aromatic N) is 2. The Kier molecular flexibility index (Phi) is 2.52. The van der Waals surface area contributed by atoms with Crippen LogP contribution in [0.5, 0.6) is 0 Å². The second kappa shape index (κ2) is 4.22. The fraction of sp³-hybridized carbons (Fsp3) is 0.118. The van der Waals surface area contributed by atoms with Crippen molar-refractivity contribution in [3.05, 3.63) is 59.8 Å². The molecule has 4 aromatic rings. The maximum absolute atomic E-state index is 13.0. The maximum Gasteiger partial charge on any atom is 0.416 e. The third-order valence-corrected chi connectivity index (χ3v) is 3.94. The Labute approximate surface area is 123 Å². The average Bonchev–Trinajstić information content (AvgIpc) is 2.95. The molecule has 0 N–H and O–H groups in total. The molecule has 5 heteroatoms. The van der Waals surface area contributed by atoms with Crippen LogP contribution in [0.4, 0.5) is 13.2 Å². The number of benzene rings is 2. The van der Waals surface area contributed by atoms with Crippen LogP contribution in [0.3, 0.4) is 0 Å². The van der Waals surface area contributed by atoms with Gasteiger partial charge in [0.15, 0.2) is 0 Å². The monoisotopic (exact) mass is 300 g/mol. The van der Waals surface area contributed by atoms with E-state index in [4.69, 9.17) is 0 Å². The van der Waals surface area contributed by atoms with Gasteiger partial charge < -0.3 is 0 Å². The first-order valence-electron chi connectivity index (χ1n) is 6.82. The molecule has 0 unspecified atom stereocenters. The number of pyridine rings is 1. The van der Waals surface area contributed by atoms with Crippen LogP contribution in [-0.2, 0) is 6.18 Å². The van der Waals surface area contributed by atoms with Gasteiger partial charge in [-0.2, -0.15) is 18.3 Å². The molecule has 0 aliphatic heterocycles. The molecule has 0 spiro atoms. The van der Waals surface area contributed by atoms with Crippen molar-refractivity contribution in [3.63, 3.8) is 0 Å². The summed E-state index contributed by atoms with van der Waals surface area (Å²) in [6, 6.07) is 11.6. The molecule has 0 fully saturated rings. The lowest BCUT2D eigenvalue weighted by Crippen LogP contribution is -2.05. The number of hydrogen-bond acceptors (Lipinski definition) is 1. The molecular weight excluding hydrogens is 289 g/mol. The summed E-state index contributed by atoms with van der Waals surface area (Å²) in [6.07, 6.45) is -2.76. The Morgan fingerprint density at radius 2 is 1.59 bits per heavy atom. The van der Waals surface area contributed by atoms with E-state index in [0.29, 0.717) is 5.52 Å². The van der Waals surface area contributed by atoms with Crippen molar-refractivity contribution in [2.75, 3.05) is 0 Å². The summed E-state index contributed by atoms with van der Waals surface area (Å²) < 4.78 is 40.5. The van der Waals surface area contributed by atoms with Gasteiger partial charge in [0.2, 0.25) is 0 Å². The Bertz CT molecular complexity index is 1030. The van der Waals surface area contributed by atoms with Crippen LogP contribution in [0.1, 0.15) is 11.1 Å². The van der Waals surface area contributed by atoms with Gasteiger partial charge in [-0.25, -0.2) is 4.52 Å². The van der Waals surface area contributed by atoms with E-state index in [1.165, 1.54) is 6.07 Å². The van der Waals surface area contributed by atoms with Crippen LogP contribution in [-0.4, -0.2) is 9.61 Å². The fourth-order valence-electron chi connectivity index (χ4n) is 2.91. The van der Waals surface area contributed by atoms with Gasteiger partial charge in [0.1, 0.15) is 0 Å². The Morgan fingerprint density at radius 3 is 2.36 bits per heavy atom. The summed E-state index contributed by atoms with van der Waals surface area (Å²) in [5.41, 5.74) is 1.68. The molecule has 2 nitrogen and oxygen atoms in total. The summed E-state index contributed by atoms with van der Waals surface area (Å²) in [6.45, 7) is 1.97. The van der Waals surface area contributed by atoms with Crippen molar-refractivity contribution < 1.29 is 13.2 Å². The first kappa shape index (κ1) is 13.1. The highest BCUT2D eigenvalue weighted by molar-refractivity contribution is 6.12. The van der Waals surface area contributed by atoms with E-state index in [9.17, 15) is 13.2 Å². The van der Waals surface area contributed by atoms with Crippen LogP contribution in [0, 0.1) is 6.92 Å². The Hall–Kier alpha value is -2.56.